The maximum absolute atomic E-state index is 11.2. The Hall–Kier alpha value is -1.32. The number of carbonyl (C=O) groups excluding carboxylic acids is 1. The second-order valence-corrected chi connectivity index (χ2v) is 3.13. The number of carbonyl (C=O) groups is 2. The van der Waals surface area contributed by atoms with Crippen LogP contribution in [0.25, 0.3) is 0 Å². The van der Waals surface area contributed by atoms with Gasteiger partial charge in [0.15, 0.2) is 0 Å². The smallest absolute Gasteiger partial charge is 0.305 e. The first kappa shape index (κ1) is 9.77. The van der Waals surface area contributed by atoms with Gasteiger partial charge < -0.3 is 10.0 Å². The van der Waals surface area contributed by atoms with E-state index >= 15 is 0 Å². The molecule has 0 aromatic rings. The van der Waals surface area contributed by atoms with Crippen molar-refractivity contribution >= 4 is 11.9 Å². The van der Waals surface area contributed by atoms with Crippen molar-refractivity contribution in [3.8, 4) is 0 Å². The Balaban J connectivity index is 2.58. The van der Waals surface area contributed by atoms with Gasteiger partial charge in [-0.2, -0.15) is 0 Å². The number of likely N-dealkylation sites (tertiary alicyclic amines) is 1. The molecule has 1 aliphatic rings. The Morgan fingerprint density at radius 2 is 2.31 bits per heavy atom. The summed E-state index contributed by atoms with van der Waals surface area (Å²) in [7, 11) is 0. The van der Waals surface area contributed by atoms with E-state index in [2.05, 4.69) is 6.58 Å². The van der Waals surface area contributed by atoms with Crippen LogP contribution in [0.2, 0.25) is 0 Å². The predicted molar refractivity (Wildman–Crippen MR) is 47.2 cm³/mol. The van der Waals surface area contributed by atoms with Crippen LogP contribution in [0.1, 0.15) is 19.3 Å². The molecule has 0 saturated carbocycles. The lowest BCUT2D eigenvalue weighted by Crippen LogP contribution is -2.35. The molecule has 1 unspecified atom stereocenters. The highest BCUT2D eigenvalue weighted by Gasteiger charge is 2.28. The molecule has 1 amide bonds. The molecule has 72 valence electrons. The van der Waals surface area contributed by atoms with Crippen LogP contribution in [0, 0.1) is 0 Å². The molecule has 0 aromatic heterocycles. The van der Waals surface area contributed by atoms with E-state index in [9.17, 15) is 9.59 Å². The third-order valence-electron chi connectivity index (χ3n) is 2.25. The quantitative estimate of drug-likeness (QED) is 0.653. The minimum atomic E-state index is -0.853. The molecule has 0 aliphatic carbocycles. The Morgan fingerprint density at radius 3 is 2.85 bits per heavy atom. The standard InChI is InChI=1S/C9H13NO3/c1-2-8(11)10-5-3-4-7(10)6-9(12)13/h2,7H,1,3-6H2,(H,12,13). The molecule has 1 rings (SSSR count). The lowest BCUT2D eigenvalue weighted by molar-refractivity contribution is -0.139. The first-order valence-electron chi connectivity index (χ1n) is 4.30. The van der Waals surface area contributed by atoms with Crippen LogP contribution in [-0.2, 0) is 9.59 Å². The molecule has 1 atom stereocenters. The summed E-state index contributed by atoms with van der Waals surface area (Å²) in [6.45, 7) is 4.04. The molecule has 4 heteroatoms. The van der Waals surface area contributed by atoms with Gasteiger partial charge in [-0.25, -0.2) is 0 Å². The fourth-order valence-corrected chi connectivity index (χ4v) is 1.66. The number of hydrogen-bond acceptors (Lipinski definition) is 2. The molecule has 1 fully saturated rings. The SMILES string of the molecule is C=CC(=O)N1CCCC1CC(=O)O. The van der Waals surface area contributed by atoms with Crippen LogP contribution in [0.3, 0.4) is 0 Å². The maximum Gasteiger partial charge on any atom is 0.305 e. The Labute approximate surface area is 76.8 Å². The average molecular weight is 183 g/mol. The van der Waals surface area contributed by atoms with Crippen molar-refractivity contribution in [2.45, 2.75) is 25.3 Å². The molecule has 1 saturated heterocycles. The third-order valence-corrected chi connectivity index (χ3v) is 2.25. The van der Waals surface area contributed by atoms with E-state index in [0.29, 0.717) is 6.54 Å². The van der Waals surface area contributed by atoms with E-state index in [1.165, 1.54) is 6.08 Å². The normalized spacial score (nSPS) is 21.5. The van der Waals surface area contributed by atoms with Gasteiger partial charge in [0.25, 0.3) is 0 Å². The van der Waals surface area contributed by atoms with E-state index < -0.39 is 5.97 Å². The molecule has 0 aromatic carbocycles. The van der Waals surface area contributed by atoms with Gasteiger partial charge in [0.2, 0.25) is 5.91 Å². The molecule has 0 bridgehead atoms. The summed E-state index contributed by atoms with van der Waals surface area (Å²) >= 11 is 0. The van der Waals surface area contributed by atoms with Crippen LogP contribution in [0.4, 0.5) is 0 Å². The van der Waals surface area contributed by atoms with Gasteiger partial charge in [0, 0.05) is 12.6 Å². The molecular weight excluding hydrogens is 170 g/mol. The van der Waals surface area contributed by atoms with E-state index in [1.54, 1.807) is 4.90 Å². The highest BCUT2D eigenvalue weighted by atomic mass is 16.4. The molecule has 1 heterocycles. The van der Waals surface area contributed by atoms with E-state index in [4.69, 9.17) is 5.11 Å². The number of aliphatic carboxylic acids is 1. The van der Waals surface area contributed by atoms with Crippen molar-refractivity contribution in [3.05, 3.63) is 12.7 Å². The average Bonchev–Trinajstić information content (AvgIpc) is 2.50. The highest BCUT2D eigenvalue weighted by Crippen LogP contribution is 2.20. The first-order chi connectivity index (χ1) is 6.15. The van der Waals surface area contributed by atoms with E-state index in [1.807, 2.05) is 0 Å². The van der Waals surface area contributed by atoms with Gasteiger partial charge >= 0.3 is 5.97 Å². The van der Waals surface area contributed by atoms with Crippen LogP contribution < -0.4 is 0 Å². The zero-order valence-electron chi connectivity index (χ0n) is 7.40. The molecule has 0 radical (unpaired) electrons. The second kappa shape index (κ2) is 4.07. The number of carboxylic acids is 1. The Bertz CT molecular complexity index is 237. The zero-order valence-corrected chi connectivity index (χ0v) is 7.40. The summed E-state index contributed by atoms with van der Waals surface area (Å²) in [4.78, 5) is 23.3. The minimum absolute atomic E-state index is 0.0412. The summed E-state index contributed by atoms with van der Waals surface area (Å²) < 4.78 is 0. The molecule has 1 aliphatic heterocycles. The van der Waals surface area contributed by atoms with Gasteiger partial charge in [-0.05, 0) is 18.9 Å². The number of hydrogen-bond donors (Lipinski definition) is 1. The molecule has 13 heavy (non-hydrogen) atoms. The summed E-state index contributed by atoms with van der Waals surface area (Å²) in [5.74, 6) is -1.02. The Morgan fingerprint density at radius 1 is 1.62 bits per heavy atom. The monoisotopic (exact) mass is 183 g/mol. The number of nitrogens with zero attached hydrogens (tertiary/aromatic N) is 1. The Kier molecular flexibility index (Phi) is 3.06. The molecular formula is C9H13NO3. The first-order valence-corrected chi connectivity index (χ1v) is 4.30. The van der Waals surface area contributed by atoms with Crippen LogP contribution in [-0.4, -0.2) is 34.5 Å². The maximum atomic E-state index is 11.2. The second-order valence-electron chi connectivity index (χ2n) is 3.13. The minimum Gasteiger partial charge on any atom is -0.481 e. The van der Waals surface area contributed by atoms with Crippen molar-refractivity contribution in [2.24, 2.45) is 0 Å². The van der Waals surface area contributed by atoms with Crippen molar-refractivity contribution < 1.29 is 14.7 Å². The summed E-state index contributed by atoms with van der Waals surface area (Å²) in [6.07, 6.45) is 2.95. The topological polar surface area (TPSA) is 57.6 Å². The lowest BCUT2D eigenvalue weighted by atomic mass is 10.1. The van der Waals surface area contributed by atoms with Gasteiger partial charge in [0.1, 0.15) is 0 Å². The van der Waals surface area contributed by atoms with Crippen molar-refractivity contribution in [1.82, 2.24) is 4.90 Å². The third kappa shape index (κ3) is 2.31. The van der Waals surface area contributed by atoms with E-state index in [-0.39, 0.29) is 18.4 Å². The van der Waals surface area contributed by atoms with Crippen molar-refractivity contribution in [2.75, 3.05) is 6.54 Å². The van der Waals surface area contributed by atoms with Gasteiger partial charge in [-0.15, -0.1) is 0 Å². The van der Waals surface area contributed by atoms with E-state index in [0.717, 1.165) is 12.8 Å². The largest absolute Gasteiger partial charge is 0.481 e. The number of carboxylic acid groups (broad SMARTS) is 1. The highest BCUT2D eigenvalue weighted by molar-refractivity contribution is 5.87. The van der Waals surface area contributed by atoms with Crippen molar-refractivity contribution in [1.29, 1.82) is 0 Å². The fraction of sp³-hybridized carbons (Fsp3) is 0.556. The van der Waals surface area contributed by atoms with Gasteiger partial charge in [0.05, 0.1) is 6.42 Å². The zero-order chi connectivity index (χ0) is 9.84. The molecule has 0 spiro atoms. The lowest BCUT2D eigenvalue weighted by Gasteiger charge is -2.21. The van der Waals surface area contributed by atoms with Crippen LogP contribution >= 0.6 is 0 Å². The fourth-order valence-electron chi connectivity index (χ4n) is 1.66. The van der Waals surface area contributed by atoms with Gasteiger partial charge in [-0.1, -0.05) is 6.58 Å². The molecule has 4 nitrogen and oxygen atoms in total. The summed E-state index contributed by atoms with van der Waals surface area (Å²) in [5, 5.41) is 8.58. The van der Waals surface area contributed by atoms with Gasteiger partial charge in [-0.3, -0.25) is 9.59 Å². The summed E-state index contributed by atoms with van der Waals surface area (Å²) in [6, 6.07) is -0.136. The molecule has 1 N–H and O–H groups in total. The summed E-state index contributed by atoms with van der Waals surface area (Å²) in [5.41, 5.74) is 0. The predicted octanol–water partition coefficient (Wildman–Crippen LogP) is 0.638. The van der Waals surface area contributed by atoms with Crippen LogP contribution in [0.5, 0.6) is 0 Å². The van der Waals surface area contributed by atoms with Crippen molar-refractivity contribution in [3.63, 3.8) is 0 Å². The van der Waals surface area contributed by atoms with Crippen LogP contribution in [0.15, 0.2) is 12.7 Å². The number of amides is 1. The number of rotatable bonds is 3.